The Kier molecular flexibility index (Phi) is 6.90. The highest BCUT2D eigenvalue weighted by molar-refractivity contribution is 6.04. The molecule has 31 heavy (non-hydrogen) atoms. The van der Waals surface area contributed by atoms with E-state index in [4.69, 9.17) is 4.74 Å². The van der Waals surface area contributed by atoms with E-state index in [1.807, 2.05) is 55.5 Å². The lowest BCUT2D eigenvalue weighted by molar-refractivity contribution is -0.126. The fourth-order valence-corrected chi connectivity index (χ4v) is 4.81. The van der Waals surface area contributed by atoms with Gasteiger partial charge in [0.2, 0.25) is 5.91 Å². The first-order chi connectivity index (χ1) is 15.2. The summed E-state index contributed by atoms with van der Waals surface area (Å²) in [6.07, 6.45) is 8.09. The Hall–Kier alpha value is -2.82. The van der Waals surface area contributed by atoms with E-state index in [1.54, 1.807) is 4.90 Å². The minimum absolute atomic E-state index is 0.0715. The number of carbonyl (C=O) groups excluding carboxylic acids is 2. The molecule has 0 radical (unpaired) electrons. The predicted octanol–water partition coefficient (Wildman–Crippen LogP) is 5.01. The first-order valence-corrected chi connectivity index (χ1v) is 11.6. The first-order valence-electron chi connectivity index (χ1n) is 11.6. The molecular weight excluding hydrogens is 388 g/mol. The van der Waals surface area contributed by atoms with Gasteiger partial charge in [-0.05, 0) is 37.5 Å². The number of hydrogen-bond donors (Lipinski definition) is 1. The van der Waals surface area contributed by atoms with Crippen LogP contribution in [0.5, 0.6) is 5.75 Å². The number of fused-ring (bicyclic) bond motifs is 1. The zero-order valence-electron chi connectivity index (χ0n) is 18.3. The number of carbonyl (C=O) groups is 2. The van der Waals surface area contributed by atoms with E-state index in [0.717, 1.165) is 42.6 Å². The van der Waals surface area contributed by atoms with Gasteiger partial charge in [-0.2, -0.15) is 0 Å². The molecule has 4 rings (SSSR count). The molecule has 0 saturated heterocycles. The number of benzene rings is 2. The number of amides is 2. The quantitative estimate of drug-likeness (QED) is 0.714. The van der Waals surface area contributed by atoms with Crippen molar-refractivity contribution in [3.8, 4) is 5.75 Å². The molecule has 0 unspecified atom stereocenters. The van der Waals surface area contributed by atoms with Crippen molar-refractivity contribution in [2.24, 2.45) is 0 Å². The second kappa shape index (κ2) is 9.99. The molecule has 0 spiro atoms. The molecule has 1 heterocycles. The van der Waals surface area contributed by atoms with Gasteiger partial charge in [-0.3, -0.25) is 9.59 Å². The van der Waals surface area contributed by atoms with Crippen molar-refractivity contribution in [2.45, 2.75) is 70.5 Å². The Labute approximate surface area is 184 Å². The van der Waals surface area contributed by atoms with Crippen LogP contribution in [-0.2, 0) is 11.3 Å². The lowest BCUT2D eigenvalue weighted by Gasteiger charge is -2.28. The summed E-state index contributed by atoms with van der Waals surface area (Å²) >= 11 is 0. The SMILES string of the molecule is CCOc1ccccc1CN1C(=O)c2ccccc2[C@H]1C(=O)NC1CCCCCCC1. The van der Waals surface area contributed by atoms with Gasteiger partial charge in [0.05, 0.1) is 13.2 Å². The summed E-state index contributed by atoms with van der Waals surface area (Å²) < 4.78 is 5.76. The minimum atomic E-state index is -0.608. The summed E-state index contributed by atoms with van der Waals surface area (Å²) in [7, 11) is 0. The van der Waals surface area contributed by atoms with Crippen LogP contribution in [0.25, 0.3) is 0 Å². The Balaban J connectivity index is 1.59. The smallest absolute Gasteiger partial charge is 0.255 e. The van der Waals surface area contributed by atoms with Gasteiger partial charge in [-0.25, -0.2) is 0 Å². The molecule has 1 atom stereocenters. The monoisotopic (exact) mass is 420 g/mol. The molecule has 1 fully saturated rings. The summed E-state index contributed by atoms with van der Waals surface area (Å²) in [5.41, 5.74) is 2.33. The van der Waals surface area contributed by atoms with E-state index >= 15 is 0 Å². The average Bonchev–Trinajstić information content (AvgIpc) is 3.03. The fourth-order valence-electron chi connectivity index (χ4n) is 4.81. The minimum Gasteiger partial charge on any atom is -0.494 e. The molecule has 1 aliphatic heterocycles. The number of nitrogens with one attached hydrogen (secondary N) is 1. The van der Waals surface area contributed by atoms with Crippen LogP contribution in [0.2, 0.25) is 0 Å². The Bertz CT molecular complexity index is 918. The summed E-state index contributed by atoms with van der Waals surface area (Å²) in [5.74, 6) is 0.588. The Morgan fingerprint density at radius 1 is 1.00 bits per heavy atom. The maximum absolute atomic E-state index is 13.5. The Morgan fingerprint density at radius 2 is 1.68 bits per heavy atom. The van der Waals surface area contributed by atoms with E-state index in [-0.39, 0.29) is 17.9 Å². The predicted molar refractivity (Wildman–Crippen MR) is 121 cm³/mol. The van der Waals surface area contributed by atoms with E-state index in [0.29, 0.717) is 18.7 Å². The second-order valence-electron chi connectivity index (χ2n) is 8.51. The van der Waals surface area contributed by atoms with Crippen LogP contribution in [0.4, 0.5) is 0 Å². The van der Waals surface area contributed by atoms with E-state index in [2.05, 4.69) is 5.32 Å². The summed E-state index contributed by atoms with van der Waals surface area (Å²) in [5, 5.41) is 3.28. The van der Waals surface area contributed by atoms with Crippen LogP contribution in [-0.4, -0.2) is 29.4 Å². The van der Waals surface area contributed by atoms with Crippen LogP contribution in [0, 0.1) is 0 Å². The third kappa shape index (κ3) is 4.76. The zero-order chi connectivity index (χ0) is 21.6. The topological polar surface area (TPSA) is 58.6 Å². The molecule has 164 valence electrons. The number of para-hydroxylation sites is 1. The van der Waals surface area contributed by atoms with E-state index in [1.165, 1.54) is 19.3 Å². The van der Waals surface area contributed by atoms with Gasteiger partial charge < -0.3 is 15.0 Å². The maximum atomic E-state index is 13.5. The van der Waals surface area contributed by atoms with Crippen molar-refractivity contribution in [3.05, 3.63) is 65.2 Å². The molecule has 2 aromatic carbocycles. The molecule has 1 saturated carbocycles. The number of rotatable bonds is 6. The summed E-state index contributed by atoms with van der Waals surface area (Å²) in [6, 6.07) is 14.8. The van der Waals surface area contributed by atoms with Gasteiger partial charge in [0.15, 0.2) is 0 Å². The van der Waals surface area contributed by atoms with Crippen LogP contribution in [0.15, 0.2) is 48.5 Å². The summed E-state index contributed by atoms with van der Waals surface area (Å²) in [6.45, 7) is 2.84. The third-order valence-electron chi connectivity index (χ3n) is 6.37. The average molecular weight is 421 g/mol. The third-order valence-corrected chi connectivity index (χ3v) is 6.37. The van der Waals surface area contributed by atoms with E-state index < -0.39 is 6.04 Å². The number of nitrogens with zero attached hydrogens (tertiary/aromatic N) is 1. The highest BCUT2D eigenvalue weighted by Crippen LogP contribution is 2.36. The maximum Gasteiger partial charge on any atom is 0.255 e. The van der Waals surface area contributed by atoms with Crippen LogP contribution < -0.4 is 10.1 Å². The highest BCUT2D eigenvalue weighted by Gasteiger charge is 2.41. The van der Waals surface area contributed by atoms with Crippen molar-refractivity contribution in [1.82, 2.24) is 10.2 Å². The lowest BCUT2D eigenvalue weighted by Crippen LogP contribution is -2.43. The van der Waals surface area contributed by atoms with Gasteiger partial charge in [0, 0.05) is 17.2 Å². The standard InChI is InChI=1S/C26H32N2O3/c1-2-31-23-17-11-8-12-19(23)18-28-24(21-15-9-10-16-22(21)26(28)30)25(29)27-20-13-6-4-3-5-7-14-20/h8-12,15-17,20,24H,2-7,13-14,18H2,1H3,(H,27,29)/t24-/m0/s1. The lowest BCUT2D eigenvalue weighted by atomic mass is 9.96. The van der Waals surface area contributed by atoms with Gasteiger partial charge in [-0.15, -0.1) is 0 Å². The van der Waals surface area contributed by atoms with Crippen LogP contribution in [0.3, 0.4) is 0 Å². The highest BCUT2D eigenvalue weighted by atomic mass is 16.5. The fraction of sp³-hybridized carbons (Fsp3) is 0.462. The zero-order valence-corrected chi connectivity index (χ0v) is 18.3. The van der Waals surface area contributed by atoms with Crippen molar-refractivity contribution < 1.29 is 14.3 Å². The summed E-state index contributed by atoms with van der Waals surface area (Å²) in [4.78, 5) is 28.5. The van der Waals surface area contributed by atoms with Crippen molar-refractivity contribution >= 4 is 11.8 Å². The van der Waals surface area contributed by atoms with Gasteiger partial charge in [-0.1, -0.05) is 68.5 Å². The molecule has 2 aliphatic rings. The molecule has 5 heteroatoms. The van der Waals surface area contributed by atoms with Gasteiger partial charge in [0.25, 0.3) is 5.91 Å². The van der Waals surface area contributed by atoms with Gasteiger partial charge >= 0.3 is 0 Å². The van der Waals surface area contributed by atoms with Crippen molar-refractivity contribution in [3.63, 3.8) is 0 Å². The number of hydrogen-bond acceptors (Lipinski definition) is 3. The molecule has 0 aromatic heterocycles. The van der Waals surface area contributed by atoms with Crippen LogP contribution in [0.1, 0.15) is 79.4 Å². The molecule has 1 N–H and O–H groups in total. The van der Waals surface area contributed by atoms with Crippen molar-refractivity contribution in [1.29, 1.82) is 0 Å². The molecule has 0 bridgehead atoms. The largest absolute Gasteiger partial charge is 0.494 e. The van der Waals surface area contributed by atoms with Crippen molar-refractivity contribution in [2.75, 3.05) is 6.61 Å². The van der Waals surface area contributed by atoms with E-state index in [9.17, 15) is 9.59 Å². The molecule has 5 nitrogen and oxygen atoms in total. The number of ether oxygens (including phenoxy) is 1. The molecule has 2 aromatic rings. The molecule has 2 amide bonds. The van der Waals surface area contributed by atoms with Gasteiger partial charge in [0.1, 0.15) is 11.8 Å². The molecular formula is C26H32N2O3. The normalized spacial score (nSPS) is 19.5. The Morgan fingerprint density at radius 3 is 2.45 bits per heavy atom. The first kappa shape index (κ1) is 21.4. The molecule has 1 aliphatic carbocycles. The van der Waals surface area contributed by atoms with Crippen LogP contribution >= 0.6 is 0 Å². The second-order valence-corrected chi connectivity index (χ2v) is 8.51.